The molecule has 4 aliphatic rings. The molecular weight excluding hydrogens is 368 g/mol. The predicted octanol–water partition coefficient (Wildman–Crippen LogP) is 3.55. The van der Waals surface area contributed by atoms with Crippen LogP contribution in [0.15, 0.2) is 23.3 Å². The maximum absolute atomic E-state index is 12.9. The first-order chi connectivity index (χ1) is 13.5. The average Bonchev–Trinajstić information content (AvgIpc) is 2.94. The number of Topliss-reactive ketones (excluding diaryl/α,β-unsaturated/α-hetero) is 1. The number of aliphatic hydroxyl groups is 1. The van der Waals surface area contributed by atoms with Gasteiger partial charge in [0.1, 0.15) is 5.60 Å². The third kappa shape index (κ3) is 2.80. The van der Waals surface area contributed by atoms with Crippen LogP contribution in [0.3, 0.4) is 0 Å². The second-order valence-corrected chi connectivity index (χ2v) is 10.1. The van der Waals surface area contributed by atoms with Gasteiger partial charge in [-0.3, -0.25) is 14.4 Å². The van der Waals surface area contributed by atoms with E-state index in [0.29, 0.717) is 31.1 Å². The van der Waals surface area contributed by atoms with E-state index in [-0.39, 0.29) is 29.5 Å². The Morgan fingerprint density at radius 3 is 2.66 bits per heavy atom. The van der Waals surface area contributed by atoms with Gasteiger partial charge in [-0.15, -0.1) is 0 Å². The Balaban J connectivity index is 1.70. The molecule has 158 valence electrons. The fourth-order valence-corrected chi connectivity index (χ4v) is 7.03. The summed E-state index contributed by atoms with van der Waals surface area (Å²) in [4.78, 5) is 36.1. The van der Waals surface area contributed by atoms with Crippen molar-refractivity contribution in [3.63, 3.8) is 0 Å². The topological polar surface area (TPSA) is 80.7 Å². The second-order valence-electron chi connectivity index (χ2n) is 10.1. The van der Waals surface area contributed by atoms with Gasteiger partial charge in [0.2, 0.25) is 5.78 Å². The van der Waals surface area contributed by atoms with E-state index in [2.05, 4.69) is 19.9 Å². The molecule has 5 nitrogen and oxygen atoms in total. The highest BCUT2D eigenvalue weighted by atomic mass is 16.5. The van der Waals surface area contributed by atoms with Gasteiger partial charge in [-0.05, 0) is 55.9 Å². The zero-order valence-corrected chi connectivity index (χ0v) is 17.9. The predicted molar refractivity (Wildman–Crippen MR) is 108 cm³/mol. The summed E-state index contributed by atoms with van der Waals surface area (Å²) in [6, 6.07) is 0. The Labute approximate surface area is 172 Å². The highest BCUT2D eigenvalue weighted by Gasteiger charge is 2.64. The summed E-state index contributed by atoms with van der Waals surface area (Å²) in [5.74, 6) is 0.192. The molecule has 0 saturated heterocycles. The molecule has 0 spiro atoms. The van der Waals surface area contributed by atoms with Crippen LogP contribution < -0.4 is 0 Å². The maximum Gasteiger partial charge on any atom is 0.303 e. The number of esters is 1. The van der Waals surface area contributed by atoms with Gasteiger partial charge in [0.15, 0.2) is 12.4 Å². The molecule has 0 aromatic rings. The Morgan fingerprint density at radius 1 is 1.24 bits per heavy atom. The largest absolute Gasteiger partial charge is 0.458 e. The number of carbonyl (C=O) groups is 3. The monoisotopic (exact) mass is 400 g/mol. The van der Waals surface area contributed by atoms with Gasteiger partial charge in [-0.25, -0.2) is 0 Å². The molecule has 0 radical (unpaired) electrons. The van der Waals surface area contributed by atoms with Gasteiger partial charge in [0, 0.05) is 24.2 Å². The average molecular weight is 401 g/mol. The molecule has 0 aliphatic heterocycles. The Hall–Kier alpha value is -1.75. The number of hydrogen-bond acceptors (Lipinski definition) is 5. The van der Waals surface area contributed by atoms with E-state index >= 15 is 0 Å². The summed E-state index contributed by atoms with van der Waals surface area (Å²) in [5, 5.41) is 11.5. The molecule has 4 aliphatic carbocycles. The van der Waals surface area contributed by atoms with Gasteiger partial charge >= 0.3 is 5.97 Å². The number of allylic oxidation sites excluding steroid dienone is 4. The molecule has 2 saturated carbocycles. The number of ketones is 2. The third-order valence-corrected chi connectivity index (χ3v) is 8.68. The molecule has 0 heterocycles. The maximum atomic E-state index is 12.9. The van der Waals surface area contributed by atoms with Crippen LogP contribution in [0.1, 0.15) is 66.2 Å². The summed E-state index contributed by atoms with van der Waals surface area (Å²) < 4.78 is 4.92. The standard InChI is InChI=1S/C24H32O5/c1-14-11-17-18(22(3)8-5-16(26)12-20(14)22)6-9-23(4)19(17)7-10-24(23,28)21(27)13-29-15(2)25/h6,12,14,17,19,28H,5,7-11,13H2,1-4H3. The molecule has 29 heavy (non-hydrogen) atoms. The van der Waals surface area contributed by atoms with Crippen molar-refractivity contribution in [2.24, 2.45) is 28.6 Å². The van der Waals surface area contributed by atoms with Crippen LogP contribution in [0.4, 0.5) is 0 Å². The summed E-state index contributed by atoms with van der Waals surface area (Å²) >= 11 is 0. The van der Waals surface area contributed by atoms with Gasteiger partial charge in [-0.2, -0.15) is 0 Å². The fraction of sp³-hybridized carbons (Fsp3) is 0.708. The van der Waals surface area contributed by atoms with Crippen molar-refractivity contribution in [2.45, 2.75) is 71.8 Å². The van der Waals surface area contributed by atoms with Crippen LogP contribution in [0, 0.1) is 28.6 Å². The summed E-state index contributed by atoms with van der Waals surface area (Å²) in [7, 11) is 0. The van der Waals surface area contributed by atoms with Crippen molar-refractivity contribution in [2.75, 3.05) is 6.61 Å². The number of rotatable bonds is 3. The van der Waals surface area contributed by atoms with Crippen LogP contribution in [-0.2, 0) is 19.1 Å². The van der Waals surface area contributed by atoms with Crippen LogP contribution >= 0.6 is 0 Å². The van der Waals surface area contributed by atoms with E-state index in [1.165, 1.54) is 18.1 Å². The Kier molecular flexibility index (Phi) is 4.69. The van der Waals surface area contributed by atoms with E-state index in [0.717, 1.165) is 19.3 Å². The van der Waals surface area contributed by atoms with Gasteiger partial charge < -0.3 is 9.84 Å². The van der Waals surface area contributed by atoms with E-state index in [9.17, 15) is 19.5 Å². The Morgan fingerprint density at radius 2 is 1.97 bits per heavy atom. The third-order valence-electron chi connectivity index (χ3n) is 8.68. The first-order valence-electron chi connectivity index (χ1n) is 10.9. The van der Waals surface area contributed by atoms with Crippen molar-refractivity contribution in [3.8, 4) is 0 Å². The van der Waals surface area contributed by atoms with Gasteiger partial charge in [0.25, 0.3) is 0 Å². The van der Waals surface area contributed by atoms with Crippen LogP contribution in [0.25, 0.3) is 0 Å². The van der Waals surface area contributed by atoms with E-state index in [1.54, 1.807) is 0 Å². The lowest BCUT2D eigenvalue weighted by atomic mass is 9.49. The van der Waals surface area contributed by atoms with Crippen LogP contribution in [-0.4, -0.2) is 34.9 Å². The second kappa shape index (κ2) is 6.63. The highest BCUT2D eigenvalue weighted by molar-refractivity contribution is 5.92. The highest BCUT2D eigenvalue weighted by Crippen LogP contribution is 2.66. The molecule has 0 amide bonds. The van der Waals surface area contributed by atoms with Gasteiger partial charge in [0.05, 0.1) is 0 Å². The van der Waals surface area contributed by atoms with E-state index in [4.69, 9.17) is 4.74 Å². The molecule has 5 heteroatoms. The summed E-state index contributed by atoms with van der Waals surface area (Å²) in [6.07, 6.45) is 8.37. The quantitative estimate of drug-likeness (QED) is 0.579. The van der Waals surface area contributed by atoms with E-state index < -0.39 is 17.0 Å². The molecule has 6 atom stereocenters. The minimum atomic E-state index is -1.46. The first-order valence-corrected chi connectivity index (χ1v) is 10.9. The molecule has 4 rings (SSSR count). The van der Waals surface area contributed by atoms with Crippen LogP contribution in [0.5, 0.6) is 0 Å². The zero-order chi connectivity index (χ0) is 21.2. The lowest BCUT2D eigenvalue weighted by Gasteiger charge is -2.56. The van der Waals surface area contributed by atoms with Crippen molar-refractivity contribution in [3.05, 3.63) is 23.3 Å². The SMILES string of the molecule is CC(=O)OCC(=O)C1(O)CCC2C3CC(C)C4=CC(=O)CCC4(C)C3=CCC21C. The lowest BCUT2D eigenvalue weighted by Crippen LogP contribution is -2.56. The molecule has 2 fully saturated rings. The number of fused-ring (bicyclic) bond motifs is 5. The van der Waals surface area contributed by atoms with E-state index in [1.807, 2.05) is 13.0 Å². The molecule has 0 aromatic heterocycles. The minimum absolute atomic E-state index is 0.0833. The molecular formula is C24H32O5. The smallest absolute Gasteiger partial charge is 0.303 e. The first kappa shape index (κ1) is 20.5. The fourth-order valence-electron chi connectivity index (χ4n) is 7.03. The molecule has 0 bridgehead atoms. The van der Waals surface area contributed by atoms with Crippen molar-refractivity contribution < 1.29 is 24.2 Å². The molecule has 0 aromatic carbocycles. The van der Waals surface area contributed by atoms with Crippen molar-refractivity contribution >= 4 is 17.5 Å². The lowest BCUT2D eigenvalue weighted by molar-refractivity contribution is -0.162. The Bertz CT molecular complexity index is 838. The number of ether oxygens (including phenoxy) is 1. The van der Waals surface area contributed by atoms with Crippen LogP contribution in [0.2, 0.25) is 0 Å². The molecule has 6 unspecified atom stereocenters. The zero-order valence-electron chi connectivity index (χ0n) is 17.9. The summed E-state index contributed by atoms with van der Waals surface area (Å²) in [5.41, 5.74) is 0.575. The van der Waals surface area contributed by atoms with Crippen molar-refractivity contribution in [1.29, 1.82) is 0 Å². The normalized spacial score (nSPS) is 43.5. The number of carbonyl (C=O) groups excluding carboxylic acids is 3. The van der Waals surface area contributed by atoms with Crippen molar-refractivity contribution in [1.82, 2.24) is 0 Å². The minimum Gasteiger partial charge on any atom is -0.458 e. The van der Waals surface area contributed by atoms with Gasteiger partial charge in [-0.1, -0.05) is 38.0 Å². The number of hydrogen-bond donors (Lipinski definition) is 1. The summed E-state index contributed by atoms with van der Waals surface area (Å²) in [6.45, 7) is 7.43. The molecule has 1 N–H and O–H groups in total.